The Morgan fingerprint density at radius 3 is 2.86 bits per heavy atom. The second kappa shape index (κ2) is 4.81. The van der Waals surface area contributed by atoms with Gasteiger partial charge in [0.25, 0.3) is 5.56 Å². The molecule has 1 aromatic rings. The highest BCUT2D eigenvalue weighted by atomic mass is 35.5. The predicted octanol–water partition coefficient (Wildman–Crippen LogP) is 0.640. The van der Waals surface area contributed by atoms with Gasteiger partial charge in [-0.2, -0.15) is 0 Å². The standard InChI is InChI=1S/C9H11ClN2O2/c1-7-6-12(5-3-2-4-10)9(14)11-8(7)13/h2-3,6H,4-5H2,1H3,(H,11,13,14)/b3-2+. The monoisotopic (exact) mass is 214 g/mol. The minimum absolute atomic E-state index is 0.340. The fourth-order valence-corrected chi connectivity index (χ4v) is 1.13. The number of hydrogen-bond acceptors (Lipinski definition) is 2. The molecular formula is C9H11ClN2O2. The molecule has 76 valence electrons. The summed E-state index contributed by atoms with van der Waals surface area (Å²) in [5.74, 6) is 0.414. The fourth-order valence-electron chi connectivity index (χ4n) is 1.01. The number of hydrogen-bond donors (Lipinski definition) is 1. The Hall–Kier alpha value is -1.29. The summed E-state index contributed by atoms with van der Waals surface area (Å²) >= 11 is 5.43. The molecule has 0 aliphatic carbocycles. The van der Waals surface area contributed by atoms with Crippen LogP contribution >= 0.6 is 11.6 Å². The quantitative estimate of drug-likeness (QED) is 0.593. The largest absolute Gasteiger partial charge is 0.328 e. The van der Waals surface area contributed by atoms with Crippen molar-refractivity contribution in [2.75, 3.05) is 5.88 Å². The number of rotatable bonds is 3. The molecule has 0 aliphatic heterocycles. The highest BCUT2D eigenvalue weighted by Gasteiger charge is 1.97. The van der Waals surface area contributed by atoms with Crippen LogP contribution in [-0.4, -0.2) is 15.4 Å². The number of nitrogens with one attached hydrogen (secondary N) is 1. The molecule has 0 spiro atoms. The molecule has 0 saturated carbocycles. The summed E-state index contributed by atoms with van der Waals surface area (Å²) in [6, 6.07) is 0. The van der Waals surface area contributed by atoms with Crippen molar-refractivity contribution < 1.29 is 0 Å². The van der Waals surface area contributed by atoms with Crippen molar-refractivity contribution in [1.29, 1.82) is 0 Å². The first kappa shape index (κ1) is 10.8. The maximum atomic E-state index is 11.2. The molecule has 0 radical (unpaired) electrons. The van der Waals surface area contributed by atoms with Crippen LogP contribution < -0.4 is 11.2 Å². The van der Waals surface area contributed by atoms with E-state index in [0.29, 0.717) is 18.0 Å². The van der Waals surface area contributed by atoms with E-state index in [1.807, 2.05) is 0 Å². The van der Waals surface area contributed by atoms with Crippen LogP contribution in [0, 0.1) is 6.92 Å². The number of aromatic nitrogens is 2. The second-order valence-electron chi connectivity index (χ2n) is 2.85. The molecule has 0 amide bonds. The molecule has 0 saturated heterocycles. The highest BCUT2D eigenvalue weighted by Crippen LogP contribution is 1.86. The Morgan fingerprint density at radius 2 is 2.21 bits per heavy atom. The van der Waals surface area contributed by atoms with E-state index in [9.17, 15) is 9.59 Å². The van der Waals surface area contributed by atoms with E-state index in [1.165, 1.54) is 10.8 Å². The Kier molecular flexibility index (Phi) is 3.71. The van der Waals surface area contributed by atoms with E-state index in [2.05, 4.69) is 4.98 Å². The Bertz CT molecular complexity index is 445. The Labute approximate surface area is 85.8 Å². The van der Waals surface area contributed by atoms with E-state index >= 15 is 0 Å². The number of aromatic amines is 1. The maximum absolute atomic E-state index is 11.2. The number of H-pyrrole nitrogens is 1. The van der Waals surface area contributed by atoms with Crippen LogP contribution in [0.15, 0.2) is 27.9 Å². The number of aryl methyl sites for hydroxylation is 1. The van der Waals surface area contributed by atoms with Gasteiger partial charge in [0.1, 0.15) is 0 Å². The van der Waals surface area contributed by atoms with E-state index in [0.717, 1.165) is 0 Å². The van der Waals surface area contributed by atoms with Crippen molar-refractivity contribution in [1.82, 2.24) is 9.55 Å². The lowest BCUT2D eigenvalue weighted by atomic mass is 10.4. The van der Waals surface area contributed by atoms with E-state index < -0.39 is 5.69 Å². The summed E-state index contributed by atoms with van der Waals surface area (Å²) in [7, 11) is 0. The van der Waals surface area contributed by atoms with Crippen LogP contribution in [0.2, 0.25) is 0 Å². The molecule has 1 heterocycles. The van der Waals surface area contributed by atoms with Gasteiger partial charge in [-0.25, -0.2) is 4.79 Å². The van der Waals surface area contributed by atoms with Gasteiger partial charge in [0.15, 0.2) is 0 Å². The van der Waals surface area contributed by atoms with E-state index in [1.54, 1.807) is 19.1 Å². The molecule has 1 aromatic heterocycles. The van der Waals surface area contributed by atoms with Gasteiger partial charge < -0.3 is 0 Å². The van der Waals surface area contributed by atoms with Crippen LogP contribution in [0.1, 0.15) is 5.56 Å². The molecule has 0 aromatic carbocycles. The minimum Gasteiger partial charge on any atom is -0.297 e. The molecule has 1 rings (SSSR count). The van der Waals surface area contributed by atoms with Crippen LogP contribution in [-0.2, 0) is 6.54 Å². The first-order chi connectivity index (χ1) is 6.65. The topological polar surface area (TPSA) is 54.9 Å². The summed E-state index contributed by atoms with van der Waals surface area (Å²) in [5.41, 5.74) is -0.226. The fraction of sp³-hybridized carbons (Fsp3) is 0.333. The zero-order chi connectivity index (χ0) is 10.6. The predicted molar refractivity (Wildman–Crippen MR) is 55.9 cm³/mol. The zero-order valence-electron chi connectivity index (χ0n) is 7.79. The summed E-state index contributed by atoms with van der Waals surface area (Å²) in [4.78, 5) is 24.5. The van der Waals surface area contributed by atoms with Crippen LogP contribution in [0.4, 0.5) is 0 Å². The van der Waals surface area contributed by atoms with Crippen molar-refractivity contribution >= 4 is 11.6 Å². The molecule has 0 aliphatic rings. The molecule has 5 heteroatoms. The number of halogens is 1. The van der Waals surface area contributed by atoms with Crippen molar-refractivity contribution in [2.45, 2.75) is 13.5 Å². The second-order valence-corrected chi connectivity index (χ2v) is 3.16. The smallest absolute Gasteiger partial charge is 0.297 e. The van der Waals surface area contributed by atoms with Crippen LogP contribution in [0.5, 0.6) is 0 Å². The van der Waals surface area contributed by atoms with Gasteiger partial charge in [-0.1, -0.05) is 12.2 Å². The van der Waals surface area contributed by atoms with Gasteiger partial charge >= 0.3 is 5.69 Å². The van der Waals surface area contributed by atoms with Crippen molar-refractivity contribution in [3.63, 3.8) is 0 Å². The van der Waals surface area contributed by atoms with Crippen LogP contribution in [0.25, 0.3) is 0 Å². The van der Waals surface area contributed by atoms with Gasteiger partial charge in [0.05, 0.1) is 0 Å². The van der Waals surface area contributed by atoms with Gasteiger partial charge in [-0.15, -0.1) is 11.6 Å². The maximum Gasteiger partial charge on any atom is 0.328 e. The lowest BCUT2D eigenvalue weighted by Gasteiger charge is -2.01. The SMILES string of the molecule is Cc1cn(C/C=C/CCl)c(=O)[nH]c1=O. The van der Waals surface area contributed by atoms with E-state index in [-0.39, 0.29) is 5.56 Å². The number of allylic oxidation sites excluding steroid dienone is 2. The molecule has 0 unspecified atom stereocenters. The Balaban J connectivity index is 2.99. The van der Waals surface area contributed by atoms with Crippen molar-refractivity contribution in [3.05, 3.63) is 44.8 Å². The van der Waals surface area contributed by atoms with Gasteiger partial charge in [-0.05, 0) is 6.92 Å². The van der Waals surface area contributed by atoms with Gasteiger partial charge in [-0.3, -0.25) is 14.3 Å². The lowest BCUT2D eigenvalue weighted by molar-refractivity contribution is 0.728. The first-order valence-electron chi connectivity index (χ1n) is 4.16. The first-order valence-corrected chi connectivity index (χ1v) is 4.70. The summed E-state index contributed by atoms with van der Waals surface area (Å²) in [6.07, 6.45) is 5.04. The third kappa shape index (κ3) is 2.60. The zero-order valence-corrected chi connectivity index (χ0v) is 8.54. The van der Waals surface area contributed by atoms with Crippen molar-refractivity contribution in [3.8, 4) is 0 Å². The normalized spacial score (nSPS) is 11.0. The molecule has 4 nitrogen and oxygen atoms in total. The third-order valence-corrected chi connectivity index (χ3v) is 1.93. The van der Waals surface area contributed by atoms with Crippen molar-refractivity contribution in [2.24, 2.45) is 0 Å². The van der Waals surface area contributed by atoms with Gasteiger partial charge in [0.2, 0.25) is 0 Å². The average Bonchev–Trinajstić information content (AvgIpc) is 2.14. The number of alkyl halides is 1. The van der Waals surface area contributed by atoms with Gasteiger partial charge in [0, 0.05) is 24.2 Å². The Morgan fingerprint density at radius 1 is 1.50 bits per heavy atom. The molecule has 1 N–H and O–H groups in total. The number of nitrogens with zero attached hydrogens (tertiary/aromatic N) is 1. The molecule has 0 bridgehead atoms. The lowest BCUT2D eigenvalue weighted by Crippen LogP contribution is -2.30. The highest BCUT2D eigenvalue weighted by molar-refractivity contribution is 6.18. The summed E-state index contributed by atoms with van der Waals surface area (Å²) < 4.78 is 1.42. The molecule has 0 atom stereocenters. The average molecular weight is 215 g/mol. The molecule has 0 fully saturated rings. The third-order valence-electron chi connectivity index (χ3n) is 1.75. The molecular weight excluding hydrogens is 204 g/mol. The molecule has 14 heavy (non-hydrogen) atoms. The van der Waals surface area contributed by atoms with E-state index in [4.69, 9.17) is 11.6 Å². The minimum atomic E-state index is -0.403. The summed E-state index contributed by atoms with van der Waals surface area (Å²) in [6.45, 7) is 2.07. The summed E-state index contributed by atoms with van der Waals surface area (Å²) in [5, 5.41) is 0. The van der Waals surface area contributed by atoms with Crippen LogP contribution in [0.3, 0.4) is 0 Å².